The molecule has 112 valence electrons. The van der Waals surface area contributed by atoms with E-state index in [1.165, 1.54) is 6.92 Å². The van der Waals surface area contributed by atoms with Crippen molar-refractivity contribution in [2.24, 2.45) is 5.92 Å². The van der Waals surface area contributed by atoms with E-state index in [-0.39, 0.29) is 0 Å². The van der Waals surface area contributed by atoms with Crippen LogP contribution in [0.2, 0.25) is 0 Å². The number of rotatable bonds is 3. The first-order chi connectivity index (χ1) is 9.28. The Labute approximate surface area is 114 Å². The lowest BCUT2D eigenvalue weighted by atomic mass is 9.82. The summed E-state index contributed by atoms with van der Waals surface area (Å²) in [6, 6.07) is 1.03. The summed E-state index contributed by atoms with van der Waals surface area (Å²) in [5.74, 6) is -4.21. The summed E-state index contributed by atoms with van der Waals surface area (Å²) >= 11 is 0. The average Bonchev–Trinajstić information content (AvgIpc) is 2.60. The second kappa shape index (κ2) is 4.80. The van der Waals surface area contributed by atoms with Gasteiger partial charge >= 0.3 is 5.69 Å². The molecule has 5 nitrogen and oxygen atoms in total. The third kappa shape index (κ3) is 2.00. The molecule has 1 saturated heterocycles. The molecule has 0 aromatic carbocycles. The largest absolute Gasteiger partial charge is 0.345 e. The van der Waals surface area contributed by atoms with Crippen molar-refractivity contribution in [3.8, 4) is 0 Å². The van der Waals surface area contributed by atoms with Gasteiger partial charge in [-0.05, 0) is 12.8 Å². The molecule has 1 aliphatic rings. The number of nitrogens with zero attached hydrogens (tertiary/aromatic N) is 1. The zero-order valence-electron chi connectivity index (χ0n) is 11.7. The minimum atomic E-state index is -3.19. The Morgan fingerprint density at radius 1 is 1.35 bits per heavy atom. The van der Waals surface area contributed by atoms with Gasteiger partial charge in [0.2, 0.25) is 6.23 Å². The fraction of sp³-hybridized carbons (Fsp3) is 0.692. The van der Waals surface area contributed by atoms with Crippen molar-refractivity contribution in [2.75, 3.05) is 0 Å². The summed E-state index contributed by atoms with van der Waals surface area (Å²) < 4.78 is 35.2. The minimum absolute atomic E-state index is 0.425. The Kier molecular flexibility index (Phi) is 3.58. The zero-order valence-corrected chi connectivity index (χ0v) is 11.7. The second-order valence-electron chi connectivity index (χ2n) is 5.16. The quantitative estimate of drug-likeness (QED) is 0.924. The van der Waals surface area contributed by atoms with E-state index in [9.17, 15) is 18.4 Å². The molecule has 20 heavy (non-hydrogen) atoms. The van der Waals surface area contributed by atoms with Crippen LogP contribution in [0.5, 0.6) is 0 Å². The summed E-state index contributed by atoms with van der Waals surface area (Å²) in [6.45, 7) is 5.01. The predicted molar refractivity (Wildman–Crippen MR) is 68.9 cm³/mol. The van der Waals surface area contributed by atoms with Crippen LogP contribution < -0.4 is 11.2 Å². The summed E-state index contributed by atoms with van der Waals surface area (Å²) in [4.78, 5) is 24.7. The molecule has 1 aromatic heterocycles. The third-order valence-corrected chi connectivity index (χ3v) is 4.34. The van der Waals surface area contributed by atoms with E-state index < -0.39 is 34.9 Å². The number of aromatic amines is 1. The van der Waals surface area contributed by atoms with Crippen molar-refractivity contribution < 1.29 is 13.5 Å². The smallest absolute Gasteiger partial charge is 0.330 e. The molecule has 0 radical (unpaired) electrons. The van der Waals surface area contributed by atoms with Gasteiger partial charge in [0.05, 0.1) is 11.5 Å². The maximum Gasteiger partial charge on any atom is 0.330 e. The highest BCUT2D eigenvalue weighted by Gasteiger charge is 2.63. The highest BCUT2D eigenvalue weighted by molar-refractivity contribution is 5.02. The third-order valence-electron chi connectivity index (χ3n) is 4.34. The fourth-order valence-corrected chi connectivity index (χ4v) is 2.85. The molecule has 1 N–H and O–H groups in total. The van der Waals surface area contributed by atoms with Gasteiger partial charge in [0.1, 0.15) is 0 Å². The Morgan fingerprint density at radius 3 is 2.40 bits per heavy atom. The van der Waals surface area contributed by atoms with Crippen molar-refractivity contribution in [2.45, 2.75) is 51.4 Å². The van der Waals surface area contributed by atoms with Gasteiger partial charge in [-0.2, -0.15) is 0 Å². The second-order valence-corrected chi connectivity index (χ2v) is 5.16. The highest BCUT2D eigenvalue weighted by atomic mass is 19.3. The van der Waals surface area contributed by atoms with Crippen molar-refractivity contribution in [3.63, 3.8) is 0 Å². The normalized spacial score (nSPS) is 27.6. The topological polar surface area (TPSA) is 64.1 Å². The molecule has 0 amide bonds. The van der Waals surface area contributed by atoms with Crippen molar-refractivity contribution in [1.29, 1.82) is 0 Å². The van der Waals surface area contributed by atoms with E-state index in [2.05, 4.69) is 0 Å². The van der Waals surface area contributed by atoms with Gasteiger partial charge in [0.15, 0.2) is 0 Å². The number of halogens is 2. The number of aromatic nitrogens is 2. The van der Waals surface area contributed by atoms with Gasteiger partial charge in [-0.3, -0.25) is 14.3 Å². The standard InChI is InChI=1S/C13H18F2N2O3/c1-4-12(5-2)8(3)13(14,15)10(20-12)17-7-6-9(18)16-11(17)19/h6-8,10H,4-5H2,1-3H3,(H,16,18,19)/t8-,10-/m1/s1. The van der Waals surface area contributed by atoms with E-state index in [1.807, 2.05) is 4.98 Å². The Bertz CT molecular complexity index is 604. The van der Waals surface area contributed by atoms with Crippen molar-refractivity contribution in [1.82, 2.24) is 9.55 Å². The van der Waals surface area contributed by atoms with Crippen LogP contribution in [0.1, 0.15) is 39.8 Å². The van der Waals surface area contributed by atoms with E-state index >= 15 is 0 Å². The molecular formula is C13H18F2N2O3. The van der Waals surface area contributed by atoms with Crippen LogP contribution in [-0.4, -0.2) is 21.1 Å². The Balaban J connectivity index is 2.52. The Morgan fingerprint density at radius 2 is 1.95 bits per heavy atom. The van der Waals surface area contributed by atoms with Gasteiger partial charge in [0, 0.05) is 12.3 Å². The molecule has 2 heterocycles. The summed E-state index contributed by atoms with van der Waals surface area (Å²) in [7, 11) is 0. The molecule has 1 fully saturated rings. The first kappa shape index (κ1) is 14.9. The number of ether oxygens (including phenoxy) is 1. The summed E-state index contributed by atoms with van der Waals surface area (Å²) in [5, 5.41) is 0. The van der Waals surface area contributed by atoms with Gasteiger partial charge in [-0.15, -0.1) is 0 Å². The van der Waals surface area contributed by atoms with Crippen molar-refractivity contribution >= 4 is 0 Å². The highest BCUT2D eigenvalue weighted by Crippen LogP contribution is 2.54. The molecule has 0 unspecified atom stereocenters. The van der Waals surface area contributed by atoms with Crippen LogP contribution in [0.25, 0.3) is 0 Å². The summed E-state index contributed by atoms with van der Waals surface area (Å²) in [5.41, 5.74) is -2.49. The number of hydrogen-bond donors (Lipinski definition) is 1. The number of hydrogen-bond acceptors (Lipinski definition) is 3. The molecule has 1 aromatic rings. The molecular weight excluding hydrogens is 270 g/mol. The predicted octanol–water partition coefficient (Wildman–Crippen LogP) is 1.90. The molecule has 0 aliphatic carbocycles. The average molecular weight is 288 g/mol. The SMILES string of the molecule is CCC1(CC)O[C@@H](n2ccc(=O)[nH]c2=O)C(F)(F)[C@@H]1C. The van der Waals surface area contributed by atoms with Crippen LogP contribution in [0, 0.1) is 5.92 Å². The van der Waals surface area contributed by atoms with Gasteiger partial charge in [-0.25, -0.2) is 13.6 Å². The van der Waals surface area contributed by atoms with Crippen LogP contribution >= 0.6 is 0 Å². The first-order valence-corrected chi connectivity index (χ1v) is 6.65. The lowest BCUT2D eigenvalue weighted by Gasteiger charge is -2.30. The van der Waals surface area contributed by atoms with Crippen LogP contribution in [0.4, 0.5) is 8.78 Å². The molecule has 0 bridgehead atoms. The Hall–Kier alpha value is -1.50. The van der Waals surface area contributed by atoms with Crippen molar-refractivity contribution in [3.05, 3.63) is 33.1 Å². The van der Waals surface area contributed by atoms with E-state index in [4.69, 9.17) is 4.74 Å². The number of alkyl halides is 2. The summed E-state index contributed by atoms with van der Waals surface area (Å²) in [6.07, 6.45) is 0.208. The maximum absolute atomic E-state index is 14.5. The van der Waals surface area contributed by atoms with E-state index in [0.717, 1.165) is 16.8 Å². The molecule has 0 spiro atoms. The maximum atomic E-state index is 14.5. The fourth-order valence-electron chi connectivity index (χ4n) is 2.85. The molecule has 0 saturated carbocycles. The molecule has 1 aliphatic heterocycles. The van der Waals surface area contributed by atoms with Crippen LogP contribution in [0.3, 0.4) is 0 Å². The molecule has 2 rings (SSSR count). The minimum Gasteiger partial charge on any atom is -0.345 e. The number of nitrogens with one attached hydrogen (secondary N) is 1. The van der Waals surface area contributed by atoms with Gasteiger partial charge in [0.25, 0.3) is 11.5 Å². The zero-order chi connectivity index (χ0) is 15.1. The molecule has 2 atom stereocenters. The first-order valence-electron chi connectivity index (χ1n) is 6.65. The van der Waals surface area contributed by atoms with E-state index in [1.54, 1.807) is 13.8 Å². The van der Waals surface area contributed by atoms with Crippen LogP contribution in [0.15, 0.2) is 21.9 Å². The van der Waals surface area contributed by atoms with Gasteiger partial charge < -0.3 is 4.74 Å². The lowest BCUT2D eigenvalue weighted by Crippen LogP contribution is -2.40. The lowest BCUT2D eigenvalue weighted by molar-refractivity contribution is -0.138. The van der Waals surface area contributed by atoms with E-state index in [0.29, 0.717) is 12.8 Å². The van der Waals surface area contributed by atoms with Gasteiger partial charge in [-0.1, -0.05) is 20.8 Å². The number of H-pyrrole nitrogens is 1. The monoisotopic (exact) mass is 288 g/mol. The molecule has 7 heteroatoms. The van der Waals surface area contributed by atoms with Crippen LogP contribution in [-0.2, 0) is 4.74 Å².